The molecular weight excluding hydrogens is 407 g/mol. The fourth-order valence-electron chi connectivity index (χ4n) is 3.72. The van der Waals surface area contributed by atoms with E-state index in [1.165, 1.54) is 30.0 Å². The van der Waals surface area contributed by atoms with Crippen LogP contribution < -0.4 is 10.3 Å². The van der Waals surface area contributed by atoms with Crippen LogP contribution >= 0.6 is 0 Å². The lowest BCUT2D eigenvalue weighted by atomic mass is 10.0. The van der Waals surface area contributed by atoms with E-state index in [2.05, 4.69) is 4.98 Å². The van der Waals surface area contributed by atoms with E-state index in [0.29, 0.717) is 23.3 Å². The zero-order chi connectivity index (χ0) is 22.1. The van der Waals surface area contributed by atoms with Gasteiger partial charge in [0.15, 0.2) is 17.1 Å². The van der Waals surface area contributed by atoms with Crippen molar-refractivity contribution in [1.82, 2.24) is 9.55 Å². The normalized spacial score (nSPS) is 15.0. The summed E-state index contributed by atoms with van der Waals surface area (Å²) < 4.78 is 30.9. The van der Waals surface area contributed by atoms with Gasteiger partial charge in [-0.2, -0.15) is 0 Å². The van der Waals surface area contributed by atoms with Crippen LogP contribution in [0.25, 0.3) is 11.0 Å². The number of esters is 1. The first kappa shape index (κ1) is 20.8. The minimum atomic E-state index is -0.913. The first-order chi connectivity index (χ1) is 14.9. The van der Waals surface area contributed by atoms with Crippen molar-refractivity contribution in [3.63, 3.8) is 0 Å². The topological polar surface area (TPSA) is 99.9 Å². The largest absolute Gasteiger partial charge is 0.505 e. The van der Waals surface area contributed by atoms with Crippen LogP contribution in [0.2, 0.25) is 0 Å². The zero-order valence-electron chi connectivity index (χ0n) is 17.1. The van der Waals surface area contributed by atoms with Crippen molar-refractivity contribution in [1.29, 1.82) is 0 Å². The summed E-state index contributed by atoms with van der Waals surface area (Å²) in [5.74, 6) is -1.43. The van der Waals surface area contributed by atoms with Gasteiger partial charge in [-0.05, 0) is 24.6 Å². The average Bonchev–Trinajstić information content (AvgIpc) is 2.75. The van der Waals surface area contributed by atoms with E-state index in [0.717, 1.165) is 5.56 Å². The van der Waals surface area contributed by atoms with Crippen LogP contribution in [0.1, 0.15) is 28.4 Å². The predicted octanol–water partition coefficient (Wildman–Crippen LogP) is 2.42. The molecule has 1 aromatic carbocycles. The second kappa shape index (κ2) is 8.35. The Bertz CT molecular complexity index is 1210. The number of ether oxygens (including phenoxy) is 3. The smallest absolute Gasteiger partial charge is 0.347 e. The van der Waals surface area contributed by atoms with E-state index >= 15 is 0 Å². The Morgan fingerprint density at radius 1 is 1.35 bits per heavy atom. The summed E-state index contributed by atoms with van der Waals surface area (Å²) in [4.78, 5) is 29.8. The van der Waals surface area contributed by atoms with E-state index in [1.807, 2.05) is 0 Å². The van der Waals surface area contributed by atoms with Gasteiger partial charge in [0.2, 0.25) is 0 Å². The van der Waals surface area contributed by atoms with Crippen molar-refractivity contribution < 1.29 is 28.5 Å². The fraction of sp³-hybridized carbons (Fsp3) is 0.318. The average molecular weight is 428 g/mol. The molecule has 3 heterocycles. The van der Waals surface area contributed by atoms with E-state index in [9.17, 15) is 19.1 Å². The van der Waals surface area contributed by atoms with Gasteiger partial charge in [-0.1, -0.05) is 12.1 Å². The molecule has 4 rings (SSSR count). The summed E-state index contributed by atoms with van der Waals surface area (Å²) >= 11 is 0. The van der Waals surface area contributed by atoms with Crippen molar-refractivity contribution >= 4 is 17.0 Å². The van der Waals surface area contributed by atoms with Gasteiger partial charge in [-0.15, -0.1) is 0 Å². The standard InChI is InChI=1S/C22H21FN2O6/c1-3-30-22(28)16-19(26)17-18-20(31-15(11-29-2)10-25(18)21(16)27)13(9-24-17)8-12-4-6-14(23)7-5-12/h4-7,9,15,26H,3,8,10-11H2,1-2H3. The molecule has 9 heteroatoms. The number of methoxy groups -OCH3 is 1. The van der Waals surface area contributed by atoms with Gasteiger partial charge >= 0.3 is 5.97 Å². The van der Waals surface area contributed by atoms with Crippen molar-refractivity contribution in [3.8, 4) is 11.5 Å². The molecule has 3 aromatic rings. The molecule has 0 spiro atoms. The van der Waals surface area contributed by atoms with Crippen LogP contribution in [0, 0.1) is 5.82 Å². The molecule has 1 unspecified atom stereocenters. The molecule has 0 radical (unpaired) electrons. The summed E-state index contributed by atoms with van der Waals surface area (Å²) in [7, 11) is 1.52. The van der Waals surface area contributed by atoms with Gasteiger partial charge in [0.1, 0.15) is 23.0 Å². The molecule has 0 fully saturated rings. The Morgan fingerprint density at radius 3 is 2.77 bits per heavy atom. The molecular formula is C22H21FN2O6. The third-order valence-corrected chi connectivity index (χ3v) is 5.08. The molecule has 31 heavy (non-hydrogen) atoms. The second-order valence-electron chi connectivity index (χ2n) is 7.17. The number of pyridine rings is 2. The van der Waals surface area contributed by atoms with Crippen LogP contribution in [0.15, 0.2) is 35.3 Å². The van der Waals surface area contributed by atoms with Gasteiger partial charge < -0.3 is 19.3 Å². The molecule has 162 valence electrons. The highest BCUT2D eigenvalue weighted by molar-refractivity contribution is 6.00. The maximum absolute atomic E-state index is 13.3. The first-order valence-corrected chi connectivity index (χ1v) is 9.79. The maximum Gasteiger partial charge on any atom is 0.347 e. The van der Waals surface area contributed by atoms with Crippen LogP contribution in [0.4, 0.5) is 4.39 Å². The third kappa shape index (κ3) is 3.72. The zero-order valence-corrected chi connectivity index (χ0v) is 17.1. The Hall–Kier alpha value is -3.46. The molecule has 0 bridgehead atoms. The summed E-state index contributed by atoms with van der Waals surface area (Å²) in [6, 6.07) is 6.01. The maximum atomic E-state index is 13.3. The lowest BCUT2D eigenvalue weighted by Crippen LogP contribution is -2.39. The molecule has 2 aromatic heterocycles. The molecule has 8 nitrogen and oxygen atoms in total. The Balaban J connectivity index is 1.92. The summed E-state index contributed by atoms with van der Waals surface area (Å²) in [5, 5.41) is 10.7. The van der Waals surface area contributed by atoms with E-state index in [1.54, 1.807) is 19.1 Å². The summed E-state index contributed by atoms with van der Waals surface area (Å²) in [6.07, 6.45) is 1.39. The van der Waals surface area contributed by atoms with Gasteiger partial charge in [-0.3, -0.25) is 14.3 Å². The molecule has 0 aliphatic carbocycles. The van der Waals surface area contributed by atoms with Crippen LogP contribution in [0.5, 0.6) is 11.5 Å². The summed E-state index contributed by atoms with van der Waals surface area (Å²) in [6.45, 7) is 1.99. The van der Waals surface area contributed by atoms with E-state index < -0.39 is 28.9 Å². The van der Waals surface area contributed by atoms with Crippen LogP contribution in [-0.2, 0) is 22.4 Å². The number of benzene rings is 1. The first-order valence-electron chi connectivity index (χ1n) is 9.79. The molecule has 1 aliphatic rings. The molecule has 1 N–H and O–H groups in total. The van der Waals surface area contributed by atoms with Crippen molar-refractivity contribution in [2.45, 2.75) is 26.0 Å². The minimum absolute atomic E-state index is 0.0560. The minimum Gasteiger partial charge on any atom is -0.505 e. The van der Waals surface area contributed by atoms with Crippen molar-refractivity contribution in [2.75, 3.05) is 20.3 Å². The lowest BCUT2D eigenvalue weighted by Gasteiger charge is -2.29. The highest BCUT2D eigenvalue weighted by Gasteiger charge is 2.32. The number of halogens is 1. The number of hydrogen-bond acceptors (Lipinski definition) is 7. The third-order valence-electron chi connectivity index (χ3n) is 5.08. The Morgan fingerprint density at radius 2 is 2.10 bits per heavy atom. The molecule has 0 saturated heterocycles. The summed E-state index contributed by atoms with van der Waals surface area (Å²) in [5.41, 5.74) is 0.680. The van der Waals surface area contributed by atoms with Gasteiger partial charge in [0, 0.05) is 25.3 Å². The quantitative estimate of drug-likeness (QED) is 0.602. The number of nitrogens with zero attached hydrogens (tertiary/aromatic N) is 2. The monoisotopic (exact) mass is 428 g/mol. The SMILES string of the molecule is CCOC(=O)c1c(O)c2ncc(Cc3ccc(F)cc3)c3c2n(c1=O)CC(COC)O3. The van der Waals surface area contributed by atoms with Gasteiger partial charge in [0.05, 0.1) is 19.8 Å². The molecule has 0 saturated carbocycles. The van der Waals surface area contributed by atoms with Gasteiger partial charge in [-0.25, -0.2) is 9.18 Å². The Labute approximate surface area is 176 Å². The van der Waals surface area contributed by atoms with Crippen molar-refractivity contribution in [3.05, 3.63) is 63.3 Å². The lowest BCUT2D eigenvalue weighted by molar-refractivity contribution is 0.0514. The molecule has 0 amide bonds. The molecule has 1 atom stereocenters. The second-order valence-corrected chi connectivity index (χ2v) is 7.17. The number of carbonyl (C=O) groups is 1. The Kier molecular flexibility index (Phi) is 5.60. The predicted molar refractivity (Wildman–Crippen MR) is 109 cm³/mol. The van der Waals surface area contributed by atoms with Crippen molar-refractivity contribution in [2.24, 2.45) is 0 Å². The molecule has 1 aliphatic heterocycles. The van der Waals surface area contributed by atoms with Gasteiger partial charge in [0.25, 0.3) is 5.56 Å². The number of rotatable bonds is 6. The number of hydrogen-bond donors (Lipinski definition) is 1. The van der Waals surface area contributed by atoms with E-state index in [-0.39, 0.29) is 31.1 Å². The van der Waals surface area contributed by atoms with E-state index in [4.69, 9.17) is 14.2 Å². The fourth-order valence-corrected chi connectivity index (χ4v) is 3.72. The van der Waals surface area contributed by atoms with Crippen LogP contribution in [-0.4, -0.2) is 47.1 Å². The highest BCUT2D eigenvalue weighted by atomic mass is 19.1. The number of carbonyl (C=O) groups excluding carboxylic acids is 1. The number of aromatic nitrogens is 2. The highest BCUT2D eigenvalue weighted by Crippen LogP contribution is 2.37. The number of aromatic hydroxyl groups is 1. The van der Waals surface area contributed by atoms with Crippen LogP contribution in [0.3, 0.4) is 0 Å².